The van der Waals surface area contributed by atoms with E-state index < -0.39 is 5.97 Å². The third-order valence-electron chi connectivity index (χ3n) is 3.47. The molecule has 22 heavy (non-hydrogen) atoms. The quantitative estimate of drug-likeness (QED) is 0.895. The van der Waals surface area contributed by atoms with E-state index in [4.69, 9.17) is 9.52 Å². The third-order valence-corrected chi connectivity index (χ3v) is 3.47. The monoisotopic (exact) mass is 301 g/mol. The molecular weight excluding hydrogens is 282 g/mol. The summed E-state index contributed by atoms with van der Waals surface area (Å²) in [5.41, 5.74) is 1.86. The summed E-state index contributed by atoms with van der Waals surface area (Å²) >= 11 is 0. The van der Waals surface area contributed by atoms with Crippen LogP contribution in [0.3, 0.4) is 0 Å². The standard InChI is InChI=1S/C17H19NO4/c1-9(2)15-8-14(11(4)22-15)16(19)18-12-5-6-13(17(20)21)10(3)7-12/h5-9H,1-4H3,(H,18,19)(H,20,21). The first-order valence-electron chi connectivity index (χ1n) is 7.05. The zero-order valence-corrected chi connectivity index (χ0v) is 13.1. The molecule has 0 aliphatic carbocycles. The molecule has 0 aliphatic rings. The number of aryl methyl sites for hydroxylation is 2. The van der Waals surface area contributed by atoms with E-state index in [-0.39, 0.29) is 17.4 Å². The lowest BCUT2D eigenvalue weighted by atomic mass is 10.1. The number of furan rings is 1. The van der Waals surface area contributed by atoms with Crippen LogP contribution in [0.1, 0.15) is 57.6 Å². The van der Waals surface area contributed by atoms with Gasteiger partial charge in [-0.3, -0.25) is 4.79 Å². The zero-order valence-electron chi connectivity index (χ0n) is 13.1. The maximum atomic E-state index is 12.3. The third kappa shape index (κ3) is 3.19. The molecule has 0 saturated heterocycles. The van der Waals surface area contributed by atoms with Crippen LogP contribution in [0.15, 0.2) is 28.7 Å². The number of carboxylic acids is 1. The van der Waals surface area contributed by atoms with Gasteiger partial charge in [-0.15, -0.1) is 0 Å². The van der Waals surface area contributed by atoms with Crippen LogP contribution in [0.25, 0.3) is 0 Å². The number of aromatic carboxylic acids is 1. The van der Waals surface area contributed by atoms with Crippen molar-refractivity contribution in [2.24, 2.45) is 0 Å². The Balaban J connectivity index is 2.22. The molecule has 116 valence electrons. The van der Waals surface area contributed by atoms with Gasteiger partial charge in [0.1, 0.15) is 11.5 Å². The Kier molecular flexibility index (Phi) is 4.35. The van der Waals surface area contributed by atoms with Crippen molar-refractivity contribution in [1.29, 1.82) is 0 Å². The fourth-order valence-electron chi connectivity index (χ4n) is 2.19. The van der Waals surface area contributed by atoms with Crippen LogP contribution in [-0.4, -0.2) is 17.0 Å². The maximum Gasteiger partial charge on any atom is 0.335 e. The van der Waals surface area contributed by atoms with Crippen LogP contribution in [0.4, 0.5) is 5.69 Å². The van der Waals surface area contributed by atoms with Crippen LogP contribution in [0, 0.1) is 13.8 Å². The summed E-state index contributed by atoms with van der Waals surface area (Å²) in [6, 6.07) is 6.44. The highest BCUT2D eigenvalue weighted by molar-refractivity contribution is 6.05. The second kappa shape index (κ2) is 6.05. The van der Waals surface area contributed by atoms with Gasteiger partial charge in [-0.2, -0.15) is 0 Å². The predicted molar refractivity (Wildman–Crippen MR) is 83.6 cm³/mol. The number of benzene rings is 1. The summed E-state index contributed by atoms with van der Waals surface area (Å²) < 4.78 is 5.57. The number of nitrogens with one attached hydrogen (secondary N) is 1. The number of carboxylic acid groups (broad SMARTS) is 1. The molecule has 0 spiro atoms. The molecule has 1 amide bonds. The van der Waals surface area contributed by atoms with Crippen LogP contribution in [-0.2, 0) is 0 Å². The molecule has 0 saturated carbocycles. The molecule has 0 radical (unpaired) electrons. The van der Waals surface area contributed by atoms with Crippen molar-refractivity contribution >= 4 is 17.6 Å². The minimum atomic E-state index is -0.984. The van der Waals surface area contributed by atoms with Gasteiger partial charge >= 0.3 is 5.97 Å². The summed E-state index contributed by atoms with van der Waals surface area (Å²) in [7, 11) is 0. The first kappa shape index (κ1) is 15.8. The van der Waals surface area contributed by atoms with Gasteiger partial charge in [-0.1, -0.05) is 13.8 Å². The molecule has 0 fully saturated rings. The Morgan fingerprint density at radius 1 is 1.14 bits per heavy atom. The SMILES string of the molecule is Cc1cc(NC(=O)c2cc(C(C)C)oc2C)ccc1C(=O)O. The van der Waals surface area contributed by atoms with E-state index in [2.05, 4.69) is 5.32 Å². The largest absolute Gasteiger partial charge is 0.478 e. The highest BCUT2D eigenvalue weighted by Gasteiger charge is 2.17. The van der Waals surface area contributed by atoms with Gasteiger partial charge in [0.25, 0.3) is 5.91 Å². The van der Waals surface area contributed by atoms with E-state index in [1.54, 1.807) is 32.0 Å². The molecule has 0 bridgehead atoms. The lowest BCUT2D eigenvalue weighted by Crippen LogP contribution is -2.12. The van der Waals surface area contributed by atoms with Crippen molar-refractivity contribution in [1.82, 2.24) is 0 Å². The van der Waals surface area contributed by atoms with Crippen molar-refractivity contribution in [2.75, 3.05) is 5.32 Å². The fraction of sp³-hybridized carbons (Fsp3) is 0.294. The first-order chi connectivity index (χ1) is 10.3. The molecule has 1 aromatic heterocycles. The van der Waals surface area contributed by atoms with Crippen molar-refractivity contribution in [3.05, 3.63) is 52.5 Å². The van der Waals surface area contributed by atoms with Crippen molar-refractivity contribution in [3.8, 4) is 0 Å². The van der Waals surface area contributed by atoms with Crippen LogP contribution in [0.5, 0.6) is 0 Å². The van der Waals surface area contributed by atoms with E-state index in [9.17, 15) is 9.59 Å². The maximum absolute atomic E-state index is 12.3. The van der Waals surface area contributed by atoms with Crippen LogP contribution in [0.2, 0.25) is 0 Å². The van der Waals surface area contributed by atoms with E-state index >= 15 is 0 Å². The fourth-order valence-corrected chi connectivity index (χ4v) is 2.19. The molecular formula is C17H19NO4. The Hall–Kier alpha value is -2.56. The highest BCUT2D eigenvalue weighted by Crippen LogP contribution is 2.23. The molecule has 2 rings (SSSR count). The lowest BCUT2D eigenvalue weighted by Gasteiger charge is -2.07. The van der Waals surface area contributed by atoms with Crippen LogP contribution < -0.4 is 5.32 Å². The van der Waals surface area contributed by atoms with Crippen molar-refractivity contribution in [3.63, 3.8) is 0 Å². The highest BCUT2D eigenvalue weighted by atomic mass is 16.4. The number of amides is 1. The number of carbonyl (C=O) groups excluding carboxylic acids is 1. The minimum Gasteiger partial charge on any atom is -0.478 e. The summed E-state index contributed by atoms with van der Waals surface area (Å²) in [5, 5.41) is 11.8. The van der Waals surface area contributed by atoms with Gasteiger partial charge in [0.15, 0.2) is 0 Å². The van der Waals surface area contributed by atoms with Gasteiger partial charge in [0.05, 0.1) is 11.1 Å². The molecule has 0 unspecified atom stereocenters. The molecule has 0 atom stereocenters. The summed E-state index contributed by atoms with van der Waals surface area (Å²) in [4.78, 5) is 23.3. The van der Waals surface area contributed by atoms with Gasteiger partial charge < -0.3 is 14.8 Å². The van der Waals surface area contributed by atoms with Gasteiger partial charge in [0, 0.05) is 11.6 Å². The smallest absolute Gasteiger partial charge is 0.335 e. The van der Waals surface area contributed by atoms with Crippen molar-refractivity contribution < 1.29 is 19.1 Å². The average molecular weight is 301 g/mol. The lowest BCUT2D eigenvalue weighted by molar-refractivity contribution is 0.0696. The Labute approximate surface area is 129 Å². The number of hydrogen-bond donors (Lipinski definition) is 2. The second-order valence-corrected chi connectivity index (χ2v) is 5.56. The number of anilines is 1. The molecule has 0 aliphatic heterocycles. The molecule has 5 nitrogen and oxygen atoms in total. The number of carbonyl (C=O) groups is 2. The van der Waals surface area contributed by atoms with E-state index in [1.807, 2.05) is 13.8 Å². The summed E-state index contributed by atoms with van der Waals surface area (Å²) in [6.07, 6.45) is 0. The van der Waals surface area contributed by atoms with Gasteiger partial charge in [0.2, 0.25) is 0 Å². The van der Waals surface area contributed by atoms with E-state index in [0.29, 0.717) is 22.6 Å². The average Bonchev–Trinajstić information content (AvgIpc) is 2.80. The van der Waals surface area contributed by atoms with Crippen molar-refractivity contribution in [2.45, 2.75) is 33.6 Å². The predicted octanol–water partition coefficient (Wildman–Crippen LogP) is 3.97. The Bertz CT molecular complexity index is 728. The number of rotatable bonds is 4. The minimum absolute atomic E-state index is 0.206. The molecule has 5 heteroatoms. The Morgan fingerprint density at radius 2 is 1.82 bits per heavy atom. The molecule has 2 aromatic rings. The topological polar surface area (TPSA) is 79.5 Å². The van der Waals surface area contributed by atoms with Gasteiger partial charge in [-0.05, 0) is 43.7 Å². The Morgan fingerprint density at radius 3 is 2.32 bits per heavy atom. The zero-order chi connectivity index (χ0) is 16.4. The second-order valence-electron chi connectivity index (χ2n) is 5.56. The normalized spacial score (nSPS) is 10.8. The summed E-state index contributed by atoms with van der Waals surface area (Å²) in [5.74, 6) is 0.288. The molecule has 1 aromatic carbocycles. The first-order valence-corrected chi connectivity index (χ1v) is 7.05. The molecule has 1 heterocycles. The molecule has 2 N–H and O–H groups in total. The van der Waals surface area contributed by atoms with Gasteiger partial charge in [-0.25, -0.2) is 4.79 Å². The van der Waals surface area contributed by atoms with E-state index in [0.717, 1.165) is 5.76 Å². The van der Waals surface area contributed by atoms with E-state index in [1.165, 1.54) is 6.07 Å². The summed E-state index contributed by atoms with van der Waals surface area (Å²) in [6.45, 7) is 7.43. The number of hydrogen-bond acceptors (Lipinski definition) is 3. The van der Waals surface area contributed by atoms with Crippen LogP contribution >= 0.6 is 0 Å².